The van der Waals surface area contributed by atoms with Crippen LogP contribution in [-0.2, 0) is 11.3 Å². The number of hydrogen-bond acceptors (Lipinski definition) is 2. The summed E-state index contributed by atoms with van der Waals surface area (Å²) in [5.41, 5.74) is 0.247. The molecule has 1 saturated heterocycles. The van der Waals surface area contributed by atoms with Crippen LogP contribution in [0.15, 0.2) is 12.1 Å². The molecule has 17 heavy (non-hydrogen) atoms. The maximum atomic E-state index is 13.0. The monoisotopic (exact) mass is 244 g/mol. The zero-order chi connectivity index (χ0) is 12.4. The molecule has 0 saturated carbocycles. The first-order valence-corrected chi connectivity index (χ1v) is 5.20. The van der Waals surface area contributed by atoms with E-state index in [1.807, 2.05) is 0 Å². The molecule has 1 aliphatic rings. The number of nitrogens with one attached hydrogen (secondary N) is 1. The van der Waals surface area contributed by atoms with Gasteiger partial charge in [0, 0.05) is 19.6 Å². The maximum absolute atomic E-state index is 13.0. The molecule has 0 atom stereocenters. The Labute approximate surface area is 96.2 Å². The van der Waals surface area contributed by atoms with Crippen molar-refractivity contribution in [3.63, 3.8) is 0 Å². The second kappa shape index (κ2) is 4.75. The van der Waals surface area contributed by atoms with Gasteiger partial charge in [0.1, 0.15) is 0 Å². The Morgan fingerprint density at radius 2 is 1.88 bits per heavy atom. The minimum atomic E-state index is -1.49. The van der Waals surface area contributed by atoms with Gasteiger partial charge in [-0.2, -0.15) is 0 Å². The molecule has 0 bridgehead atoms. The van der Waals surface area contributed by atoms with E-state index in [9.17, 15) is 18.0 Å². The summed E-state index contributed by atoms with van der Waals surface area (Å²) in [5, 5.41) is 2.88. The molecule has 0 spiro atoms. The first-order valence-electron chi connectivity index (χ1n) is 5.20. The average Bonchev–Trinajstić information content (AvgIpc) is 2.29. The van der Waals surface area contributed by atoms with Crippen LogP contribution in [0, 0.1) is 17.5 Å². The van der Waals surface area contributed by atoms with Gasteiger partial charge in [-0.1, -0.05) is 0 Å². The predicted molar refractivity (Wildman–Crippen MR) is 54.6 cm³/mol. The lowest BCUT2D eigenvalue weighted by Crippen LogP contribution is -2.47. The van der Waals surface area contributed by atoms with Gasteiger partial charge in [0.25, 0.3) is 0 Å². The molecule has 0 aliphatic carbocycles. The van der Waals surface area contributed by atoms with E-state index in [1.54, 1.807) is 0 Å². The smallest absolute Gasteiger partial charge is 0.236 e. The molecule has 6 heteroatoms. The van der Waals surface area contributed by atoms with E-state index in [2.05, 4.69) is 5.32 Å². The molecule has 0 unspecified atom stereocenters. The summed E-state index contributed by atoms with van der Waals surface area (Å²) < 4.78 is 38.6. The second-order valence-corrected chi connectivity index (χ2v) is 3.87. The molecule has 1 aromatic carbocycles. The van der Waals surface area contributed by atoms with Crippen molar-refractivity contribution in [2.45, 2.75) is 6.54 Å². The number of carbonyl (C=O) groups is 1. The normalized spacial score (nSPS) is 16.4. The Morgan fingerprint density at radius 1 is 1.24 bits per heavy atom. The Balaban J connectivity index is 2.15. The van der Waals surface area contributed by atoms with Crippen molar-refractivity contribution in [3.8, 4) is 0 Å². The van der Waals surface area contributed by atoms with E-state index in [0.717, 1.165) is 12.1 Å². The fourth-order valence-corrected chi connectivity index (χ4v) is 1.73. The lowest BCUT2D eigenvalue weighted by molar-refractivity contribution is -0.132. The van der Waals surface area contributed by atoms with Crippen molar-refractivity contribution >= 4 is 5.91 Å². The van der Waals surface area contributed by atoms with E-state index in [0.29, 0.717) is 13.1 Å². The summed E-state index contributed by atoms with van der Waals surface area (Å²) in [7, 11) is 0. The van der Waals surface area contributed by atoms with E-state index < -0.39 is 17.5 Å². The number of piperazine rings is 1. The number of nitrogens with zero attached hydrogens (tertiary/aromatic N) is 1. The molecule has 0 aromatic heterocycles. The van der Waals surface area contributed by atoms with Gasteiger partial charge in [0.2, 0.25) is 5.91 Å². The lowest BCUT2D eigenvalue weighted by Gasteiger charge is -2.27. The van der Waals surface area contributed by atoms with Crippen LogP contribution in [0.1, 0.15) is 5.56 Å². The average molecular weight is 244 g/mol. The molecule has 3 nitrogen and oxygen atoms in total. The van der Waals surface area contributed by atoms with Crippen LogP contribution in [0.5, 0.6) is 0 Å². The third-order valence-corrected chi connectivity index (χ3v) is 2.60. The Morgan fingerprint density at radius 3 is 2.47 bits per heavy atom. The molecule has 0 radical (unpaired) electrons. The molecule has 92 valence electrons. The molecule has 1 amide bonds. The van der Waals surface area contributed by atoms with Crippen molar-refractivity contribution in [2.24, 2.45) is 0 Å². The zero-order valence-corrected chi connectivity index (χ0v) is 8.97. The molecule has 2 rings (SSSR count). The van der Waals surface area contributed by atoms with Crippen LogP contribution in [0.3, 0.4) is 0 Å². The van der Waals surface area contributed by atoms with E-state index in [4.69, 9.17) is 0 Å². The maximum Gasteiger partial charge on any atom is 0.236 e. The molecular formula is C11H11F3N2O. The summed E-state index contributed by atoms with van der Waals surface area (Å²) in [6, 6.07) is 1.82. The van der Waals surface area contributed by atoms with Gasteiger partial charge in [0.15, 0.2) is 17.5 Å². The van der Waals surface area contributed by atoms with E-state index in [-0.39, 0.29) is 24.6 Å². The minimum absolute atomic E-state index is 0.0919. The van der Waals surface area contributed by atoms with Crippen molar-refractivity contribution in [1.29, 1.82) is 0 Å². The van der Waals surface area contributed by atoms with Crippen LogP contribution in [0.25, 0.3) is 0 Å². The van der Waals surface area contributed by atoms with Gasteiger partial charge in [-0.3, -0.25) is 4.79 Å². The SMILES string of the molecule is O=C1CNCCN1Cc1cc(F)c(F)c(F)c1. The standard InChI is InChI=1S/C11H11F3N2O/c12-8-3-7(4-9(13)11(8)14)6-16-2-1-15-5-10(16)17/h3-4,15H,1-2,5-6H2. The van der Waals surface area contributed by atoms with Crippen molar-refractivity contribution in [3.05, 3.63) is 35.1 Å². The molecule has 1 N–H and O–H groups in total. The van der Waals surface area contributed by atoms with Gasteiger partial charge in [0.05, 0.1) is 6.54 Å². The minimum Gasteiger partial charge on any atom is -0.336 e. The fourth-order valence-electron chi connectivity index (χ4n) is 1.73. The summed E-state index contributed by atoms with van der Waals surface area (Å²) in [5.74, 6) is -4.09. The number of carbonyl (C=O) groups excluding carboxylic acids is 1. The van der Waals surface area contributed by atoms with Crippen molar-refractivity contribution in [1.82, 2.24) is 10.2 Å². The van der Waals surface area contributed by atoms with Crippen LogP contribution < -0.4 is 5.32 Å². The first kappa shape index (κ1) is 11.9. The highest BCUT2D eigenvalue weighted by Gasteiger charge is 2.19. The summed E-state index contributed by atoms with van der Waals surface area (Å²) >= 11 is 0. The predicted octanol–water partition coefficient (Wildman–Crippen LogP) is 1.04. The summed E-state index contributed by atoms with van der Waals surface area (Å²) in [6.45, 7) is 1.41. The number of rotatable bonds is 2. The molecule has 1 aliphatic heterocycles. The number of halogens is 3. The van der Waals surface area contributed by atoms with Crippen molar-refractivity contribution < 1.29 is 18.0 Å². The number of hydrogen-bond donors (Lipinski definition) is 1. The summed E-state index contributed by atoms with van der Waals surface area (Å²) in [4.78, 5) is 12.9. The quantitative estimate of drug-likeness (QED) is 0.788. The Hall–Kier alpha value is -1.56. The van der Waals surface area contributed by atoms with Gasteiger partial charge in [-0.05, 0) is 17.7 Å². The molecule has 1 heterocycles. The highest BCUT2D eigenvalue weighted by atomic mass is 19.2. The third kappa shape index (κ3) is 2.58. The number of amides is 1. The largest absolute Gasteiger partial charge is 0.336 e. The Bertz CT molecular complexity index is 427. The van der Waals surface area contributed by atoms with E-state index in [1.165, 1.54) is 4.90 Å². The lowest BCUT2D eigenvalue weighted by atomic mass is 10.2. The summed E-state index contributed by atoms with van der Waals surface area (Å²) in [6.07, 6.45) is 0. The zero-order valence-electron chi connectivity index (χ0n) is 8.97. The van der Waals surface area contributed by atoms with Gasteiger partial charge in [-0.15, -0.1) is 0 Å². The van der Waals surface area contributed by atoms with E-state index >= 15 is 0 Å². The van der Waals surface area contributed by atoms with Crippen molar-refractivity contribution in [2.75, 3.05) is 19.6 Å². The molecule has 1 fully saturated rings. The second-order valence-electron chi connectivity index (χ2n) is 3.87. The highest BCUT2D eigenvalue weighted by molar-refractivity contribution is 5.78. The van der Waals surface area contributed by atoms with Crippen LogP contribution in [-0.4, -0.2) is 30.4 Å². The molecule has 1 aromatic rings. The fraction of sp³-hybridized carbons (Fsp3) is 0.364. The topological polar surface area (TPSA) is 32.3 Å². The number of benzene rings is 1. The van der Waals surface area contributed by atoms with Gasteiger partial charge >= 0.3 is 0 Å². The third-order valence-electron chi connectivity index (χ3n) is 2.60. The van der Waals surface area contributed by atoms with Gasteiger partial charge in [-0.25, -0.2) is 13.2 Å². The van der Waals surface area contributed by atoms with Gasteiger partial charge < -0.3 is 10.2 Å². The molecular weight excluding hydrogens is 233 g/mol. The highest BCUT2D eigenvalue weighted by Crippen LogP contribution is 2.15. The van der Waals surface area contributed by atoms with Crippen LogP contribution in [0.2, 0.25) is 0 Å². The Kier molecular flexibility index (Phi) is 3.33. The van der Waals surface area contributed by atoms with Crippen LogP contribution in [0.4, 0.5) is 13.2 Å². The first-order chi connectivity index (χ1) is 8.08. The van der Waals surface area contributed by atoms with Crippen LogP contribution >= 0.6 is 0 Å².